The molecule has 2 aromatic rings. The van der Waals surface area contributed by atoms with Gasteiger partial charge in [-0.3, -0.25) is 9.69 Å². The number of nitrogens with zero attached hydrogens (tertiary/aromatic N) is 4. The average molecular weight is 346 g/mol. The van der Waals surface area contributed by atoms with Gasteiger partial charge in [-0.05, 0) is 37.1 Å². The van der Waals surface area contributed by atoms with Gasteiger partial charge < -0.3 is 9.42 Å². The van der Waals surface area contributed by atoms with Crippen LogP contribution >= 0.6 is 0 Å². The second-order valence-electron chi connectivity index (χ2n) is 6.41. The van der Waals surface area contributed by atoms with Crippen LogP contribution < -0.4 is 0 Å². The zero-order chi connectivity index (χ0) is 17.8. The smallest absolute Gasteiger partial charge is 0.246 e. The summed E-state index contributed by atoms with van der Waals surface area (Å²) in [5.74, 6) is 0.907. The molecule has 7 heteroatoms. The number of halogens is 1. The number of amides is 1. The van der Waals surface area contributed by atoms with Gasteiger partial charge in [-0.1, -0.05) is 24.2 Å². The van der Waals surface area contributed by atoms with E-state index in [1.165, 1.54) is 12.1 Å². The largest absolute Gasteiger partial charge is 0.337 e. The normalized spacial score (nSPS) is 17.8. The molecule has 0 bridgehead atoms. The summed E-state index contributed by atoms with van der Waals surface area (Å²) in [4.78, 5) is 20.9. The number of carbonyl (C=O) groups excluding carboxylic acids is 1. The Hall–Kier alpha value is -2.28. The van der Waals surface area contributed by atoms with Crippen molar-refractivity contribution in [3.8, 4) is 0 Å². The molecule has 2 heterocycles. The summed E-state index contributed by atoms with van der Waals surface area (Å²) in [5, 5.41) is 3.86. The van der Waals surface area contributed by atoms with E-state index in [-0.39, 0.29) is 17.8 Å². The lowest BCUT2D eigenvalue weighted by Gasteiger charge is -2.27. The molecular formula is C18H23FN4O2. The lowest BCUT2D eigenvalue weighted by atomic mass is 10.1. The summed E-state index contributed by atoms with van der Waals surface area (Å²) in [6, 6.07) is 6.28. The average Bonchev–Trinajstić information content (AvgIpc) is 3.25. The summed E-state index contributed by atoms with van der Waals surface area (Å²) in [6.07, 6.45) is 2.51. The first kappa shape index (κ1) is 17.5. The standard InChI is InChI=1S/C18H23FN4O2/c1-3-16-20-17(25-21-16)12-22(2)18(24)15-5-4-10-23(15)11-13-6-8-14(19)9-7-13/h6-9,15H,3-5,10-12H2,1-2H3. The fraction of sp³-hybridized carbons (Fsp3) is 0.500. The monoisotopic (exact) mass is 346 g/mol. The number of aryl methyl sites for hydroxylation is 1. The lowest BCUT2D eigenvalue weighted by molar-refractivity contribution is -0.135. The molecular weight excluding hydrogens is 323 g/mol. The van der Waals surface area contributed by atoms with Crippen molar-refractivity contribution in [3.05, 3.63) is 47.4 Å². The van der Waals surface area contributed by atoms with Gasteiger partial charge in [-0.2, -0.15) is 4.98 Å². The SMILES string of the molecule is CCc1noc(CN(C)C(=O)C2CCCN2Cc2ccc(F)cc2)n1. The number of hydrogen-bond donors (Lipinski definition) is 0. The fourth-order valence-corrected chi connectivity index (χ4v) is 3.15. The molecule has 1 aliphatic heterocycles. The Bertz CT molecular complexity index is 716. The molecule has 1 aromatic heterocycles. The van der Waals surface area contributed by atoms with E-state index in [1.54, 1.807) is 24.1 Å². The van der Waals surface area contributed by atoms with Crippen molar-refractivity contribution in [3.63, 3.8) is 0 Å². The lowest BCUT2D eigenvalue weighted by Crippen LogP contribution is -2.43. The minimum absolute atomic E-state index is 0.0517. The first-order chi connectivity index (χ1) is 12.1. The van der Waals surface area contributed by atoms with Crippen molar-refractivity contribution >= 4 is 5.91 Å². The maximum absolute atomic E-state index is 13.1. The van der Waals surface area contributed by atoms with Gasteiger partial charge in [-0.25, -0.2) is 4.39 Å². The van der Waals surface area contributed by atoms with Crippen LogP contribution in [-0.2, 0) is 24.3 Å². The van der Waals surface area contributed by atoms with Gasteiger partial charge in [0.1, 0.15) is 5.82 Å². The molecule has 1 fully saturated rings. The van der Waals surface area contributed by atoms with Gasteiger partial charge in [0.15, 0.2) is 5.82 Å². The molecule has 134 valence electrons. The van der Waals surface area contributed by atoms with Crippen molar-refractivity contribution in [1.82, 2.24) is 19.9 Å². The van der Waals surface area contributed by atoms with Gasteiger partial charge in [0.25, 0.3) is 0 Å². The second kappa shape index (κ2) is 7.74. The molecule has 25 heavy (non-hydrogen) atoms. The maximum Gasteiger partial charge on any atom is 0.246 e. The molecule has 1 saturated heterocycles. The highest BCUT2D eigenvalue weighted by molar-refractivity contribution is 5.81. The Balaban J connectivity index is 1.62. The van der Waals surface area contributed by atoms with E-state index in [1.807, 2.05) is 6.92 Å². The molecule has 0 saturated carbocycles. The van der Waals surface area contributed by atoms with Crippen LogP contribution in [0, 0.1) is 5.82 Å². The number of rotatable bonds is 6. The number of carbonyl (C=O) groups is 1. The molecule has 0 radical (unpaired) electrons. The van der Waals surface area contributed by atoms with Crippen LogP contribution in [0.1, 0.15) is 37.0 Å². The quantitative estimate of drug-likeness (QED) is 0.804. The zero-order valence-electron chi connectivity index (χ0n) is 14.6. The minimum Gasteiger partial charge on any atom is -0.337 e. The third-order valence-electron chi connectivity index (χ3n) is 4.52. The Kier molecular flexibility index (Phi) is 5.43. The van der Waals surface area contributed by atoms with E-state index in [2.05, 4.69) is 15.0 Å². The summed E-state index contributed by atoms with van der Waals surface area (Å²) >= 11 is 0. The van der Waals surface area contributed by atoms with Gasteiger partial charge in [0.2, 0.25) is 11.8 Å². The van der Waals surface area contributed by atoms with Gasteiger partial charge >= 0.3 is 0 Å². The van der Waals surface area contributed by atoms with Crippen molar-refractivity contribution in [2.75, 3.05) is 13.6 Å². The van der Waals surface area contributed by atoms with Gasteiger partial charge in [-0.15, -0.1) is 0 Å². The van der Waals surface area contributed by atoms with E-state index in [0.29, 0.717) is 31.2 Å². The van der Waals surface area contributed by atoms with Crippen LogP contribution in [0.25, 0.3) is 0 Å². The number of aromatic nitrogens is 2. The van der Waals surface area contributed by atoms with Gasteiger partial charge in [0.05, 0.1) is 12.6 Å². The Morgan fingerprint density at radius 1 is 1.40 bits per heavy atom. The molecule has 1 aromatic carbocycles. The van der Waals surface area contributed by atoms with Gasteiger partial charge in [0, 0.05) is 20.0 Å². The van der Waals surface area contributed by atoms with Crippen LogP contribution in [0.5, 0.6) is 0 Å². The van der Waals surface area contributed by atoms with Crippen LogP contribution in [0.15, 0.2) is 28.8 Å². The van der Waals surface area contributed by atoms with Crippen molar-refractivity contribution in [1.29, 1.82) is 0 Å². The molecule has 1 unspecified atom stereocenters. The van der Waals surface area contributed by atoms with Crippen LogP contribution in [0.2, 0.25) is 0 Å². The molecule has 0 aliphatic carbocycles. The van der Waals surface area contributed by atoms with Crippen LogP contribution in [0.3, 0.4) is 0 Å². The molecule has 1 atom stereocenters. The first-order valence-corrected chi connectivity index (χ1v) is 8.61. The Morgan fingerprint density at radius 2 is 2.16 bits per heavy atom. The highest BCUT2D eigenvalue weighted by Crippen LogP contribution is 2.22. The highest BCUT2D eigenvalue weighted by Gasteiger charge is 2.33. The summed E-state index contributed by atoms with van der Waals surface area (Å²) in [6.45, 7) is 3.77. The molecule has 1 aliphatic rings. The number of likely N-dealkylation sites (tertiary alicyclic amines) is 1. The van der Waals surface area contributed by atoms with Crippen LogP contribution in [0.4, 0.5) is 4.39 Å². The third-order valence-corrected chi connectivity index (χ3v) is 4.52. The van der Waals surface area contributed by atoms with Crippen molar-refractivity contribution < 1.29 is 13.7 Å². The molecule has 3 rings (SSSR count). The molecule has 1 amide bonds. The first-order valence-electron chi connectivity index (χ1n) is 8.61. The summed E-state index contributed by atoms with van der Waals surface area (Å²) in [5.41, 5.74) is 1.01. The predicted octanol–water partition coefficient (Wildman–Crippen LogP) is 2.39. The Labute approximate surface area is 146 Å². The molecule has 6 nitrogen and oxygen atoms in total. The number of likely N-dealkylation sites (N-methyl/N-ethyl adjacent to an activating group) is 1. The van der Waals surface area contributed by atoms with Crippen molar-refractivity contribution in [2.45, 2.75) is 45.3 Å². The van der Waals surface area contributed by atoms with Crippen molar-refractivity contribution in [2.24, 2.45) is 0 Å². The number of hydrogen-bond acceptors (Lipinski definition) is 5. The van der Waals surface area contributed by atoms with Crippen LogP contribution in [-0.4, -0.2) is 45.5 Å². The Morgan fingerprint density at radius 3 is 2.84 bits per heavy atom. The minimum atomic E-state index is -0.247. The molecule has 0 N–H and O–H groups in total. The fourth-order valence-electron chi connectivity index (χ4n) is 3.15. The summed E-state index contributed by atoms with van der Waals surface area (Å²) in [7, 11) is 1.76. The second-order valence-corrected chi connectivity index (χ2v) is 6.41. The zero-order valence-corrected chi connectivity index (χ0v) is 14.6. The van der Waals surface area contributed by atoms with E-state index in [9.17, 15) is 9.18 Å². The molecule has 0 spiro atoms. The topological polar surface area (TPSA) is 62.5 Å². The van der Waals surface area contributed by atoms with E-state index in [0.717, 1.165) is 24.9 Å². The third kappa shape index (κ3) is 4.22. The number of benzene rings is 1. The predicted molar refractivity (Wildman–Crippen MR) is 90.0 cm³/mol. The summed E-state index contributed by atoms with van der Waals surface area (Å²) < 4.78 is 18.2. The van der Waals surface area contributed by atoms with E-state index < -0.39 is 0 Å². The maximum atomic E-state index is 13.1. The highest BCUT2D eigenvalue weighted by atomic mass is 19.1. The van der Waals surface area contributed by atoms with E-state index >= 15 is 0 Å². The van der Waals surface area contributed by atoms with E-state index in [4.69, 9.17) is 4.52 Å².